The van der Waals surface area contributed by atoms with Crippen molar-refractivity contribution in [3.8, 4) is 5.75 Å². The lowest BCUT2D eigenvalue weighted by Crippen LogP contribution is -2.38. The molecule has 146 valence electrons. The molecule has 2 N–H and O–H groups in total. The summed E-state index contributed by atoms with van der Waals surface area (Å²) in [5.41, 5.74) is 8.15. The maximum Gasteiger partial charge on any atom is 0.227 e. The maximum absolute atomic E-state index is 12.8. The van der Waals surface area contributed by atoms with Crippen molar-refractivity contribution in [1.82, 2.24) is 4.90 Å². The van der Waals surface area contributed by atoms with Gasteiger partial charge in [0.25, 0.3) is 0 Å². The van der Waals surface area contributed by atoms with Gasteiger partial charge >= 0.3 is 0 Å². The highest BCUT2D eigenvalue weighted by atomic mass is 35.5. The van der Waals surface area contributed by atoms with Gasteiger partial charge in [0.1, 0.15) is 5.75 Å². The third-order valence-electron chi connectivity index (χ3n) is 4.29. The van der Waals surface area contributed by atoms with Gasteiger partial charge in [-0.2, -0.15) is 0 Å². The van der Waals surface area contributed by atoms with Crippen LogP contribution in [0.4, 0.5) is 0 Å². The topological polar surface area (TPSA) is 72.6 Å². The van der Waals surface area contributed by atoms with Crippen molar-refractivity contribution in [3.63, 3.8) is 0 Å². The molecular weight excluding hydrogens is 364 g/mol. The zero-order valence-electron chi connectivity index (χ0n) is 15.8. The predicted octanol–water partition coefficient (Wildman–Crippen LogP) is 2.89. The second-order valence-corrected chi connectivity index (χ2v) is 6.16. The molecule has 0 saturated heterocycles. The van der Waals surface area contributed by atoms with Crippen LogP contribution in [0.5, 0.6) is 5.75 Å². The Morgan fingerprint density at radius 1 is 1.07 bits per heavy atom. The Morgan fingerprint density at radius 2 is 1.78 bits per heavy atom. The van der Waals surface area contributed by atoms with Crippen LogP contribution in [-0.2, 0) is 17.6 Å². The van der Waals surface area contributed by atoms with E-state index in [1.165, 1.54) is 12.5 Å². The molecular formula is C21H27ClN2O3. The highest BCUT2D eigenvalue weighted by molar-refractivity contribution is 5.94. The van der Waals surface area contributed by atoms with Gasteiger partial charge in [0, 0.05) is 30.8 Å². The number of amides is 1. The van der Waals surface area contributed by atoms with Crippen molar-refractivity contribution in [2.75, 3.05) is 26.7 Å². The SMILES string of the molecule is COc1ccc(C(C)=O)cc1CC(=O)N(CCN)CCc1ccccc1.Cl. The van der Waals surface area contributed by atoms with Gasteiger partial charge in [0.05, 0.1) is 13.5 Å². The van der Waals surface area contributed by atoms with Crippen molar-refractivity contribution in [3.05, 3.63) is 65.2 Å². The van der Waals surface area contributed by atoms with Gasteiger partial charge in [-0.25, -0.2) is 0 Å². The van der Waals surface area contributed by atoms with Crippen molar-refractivity contribution in [2.24, 2.45) is 5.73 Å². The van der Waals surface area contributed by atoms with Crippen LogP contribution >= 0.6 is 12.4 Å². The number of nitrogens with zero attached hydrogens (tertiary/aromatic N) is 1. The lowest BCUT2D eigenvalue weighted by Gasteiger charge is -2.23. The molecule has 0 aromatic heterocycles. The summed E-state index contributed by atoms with van der Waals surface area (Å²) < 4.78 is 5.34. The van der Waals surface area contributed by atoms with Crippen molar-refractivity contribution in [1.29, 1.82) is 0 Å². The van der Waals surface area contributed by atoms with Crippen molar-refractivity contribution >= 4 is 24.1 Å². The zero-order valence-corrected chi connectivity index (χ0v) is 16.6. The third kappa shape index (κ3) is 6.70. The molecule has 1 amide bonds. The van der Waals surface area contributed by atoms with Gasteiger partial charge in [-0.3, -0.25) is 9.59 Å². The van der Waals surface area contributed by atoms with E-state index in [1.807, 2.05) is 30.3 Å². The first-order valence-electron chi connectivity index (χ1n) is 8.74. The molecule has 0 saturated carbocycles. The van der Waals surface area contributed by atoms with Crippen LogP contribution in [-0.4, -0.2) is 43.3 Å². The Morgan fingerprint density at radius 3 is 2.37 bits per heavy atom. The number of hydrogen-bond donors (Lipinski definition) is 1. The Kier molecular flexibility index (Phi) is 9.54. The number of carbonyl (C=O) groups excluding carboxylic acids is 2. The first-order chi connectivity index (χ1) is 12.5. The number of Topliss-reactive ketones (excluding diaryl/α,β-unsaturated/α-hetero) is 1. The fourth-order valence-electron chi connectivity index (χ4n) is 2.84. The number of nitrogens with two attached hydrogens (primary N) is 1. The summed E-state index contributed by atoms with van der Waals surface area (Å²) in [4.78, 5) is 26.2. The van der Waals surface area contributed by atoms with Crippen molar-refractivity contribution in [2.45, 2.75) is 19.8 Å². The third-order valence-corrected chi connectivity index (χ3v) is 4.29. The van der Waals surface area contributed by atoms with Gasteiger partial charge in [0.2, 0.25) is 5.91 Å². The molecule has 2 rings (SSSR count). The van der Waals surface area contributed by atoms with Crippen LogP contribution in [0.25, 0.3) is 0 Å². The minimum absolute atomic E-state index is 0. The molecule has 0 heterocycles. The average molecular weight is 391 g/mol. The summed E-state index contributed by atoms with van der Waals surface area (Å²) in [5.74, 6) is 0.550. The molecule has 0 unspecified atom stereocenters. The molecule has 0 atom stereocenters. The molecule has 6 heteroatoms. The van der Waals surface area contributed by atoms with Crippen LogP contribution in [0.3, 0.4) is 0 Å². The largest absolute Gasteiger partial charge is 0.496 e. The molecule has 0 radical (unpaired) electrons. The second-order valence-electron chi connectivity index (χ2n) is 6.16. The summed E-state index contributed by atoms with van der Waals surface area (Å²) in [6, 6.07) is 15.2. The van der Waals surface area contributed by atoms with E-state index in [0.717, 1.165) is 6.42 Å². The molecule has 2 aromatic rings. The second kappa shape index (κ2) is 11.4. The minimum atomic E-state index is -0.0377. The Balaban J connectivity index is 0.00000364. The van der Waals surface area contributed by atoms with E-state index in [4.69, 9.17) is 10.5 Å². The summed E-state index contributed by atoms with van der Waals surface area (Å²) in [6.45, 7) is 3.02. The predicted molar refractivity (Wildman–Crippen MR) is 110 cm³/mol. The van der Waals surface area contributed by atoms with E-state index in [2.05, 4.69) is 0 Å². The standard InChI is InChI=1S/C21H26N2O3.ClH/c1-16(24)18-8-9-20(26-2)19(14-18)15-21(25)23(13-11-22)12-10-17-6-4-3-5-7-17;/h3-9,14H,10-13,15,22H2,1-2H3;1H. The number of rotatable bonds is 9. The van der Waals surface area contributed by atoms with Gasteiger partial charge < -0.3 is 15.4 Å². The molecule has 0 fully saturated rings. The molecule has 0 aliphatic carbocycles. The van der Waals surface area contributed by atoms with E-state index in [-0.39, 0.29) is 30.5 Å². The van der Waals surface area contributed by atoms with Crippen LogP contribution in [0.1, 0.15) is 28.4 Å². The molecule has 0 bridgehead atoms. The van der Waals surface area contributed by atoms with Crippen molar-refractivity contribution < 1.29 is 14.3 Å². The molecule has 2 aromatic carbocycles. The monoisotopic (exact) mass is 390 g/mol. The molecule has 27 heavy (non-hydrogen) atoms. The van der Waals surface area contributed by atoms with Crippen LogP contribution in [0.15, 0.2) is 48.5 Å². The first kappa shape index (κ1) is 22.7. The van der Waals surface area contributed by atoms with E-state index in [9.17, 15) is 9.59 Å². The number of benzene rings is 2. The fraction of sp³-hybridized carbons (Fsp3) is 0.333. The number of ketones is 1. The normalized spacial score (nSPS) is 10.0. The van der Waals surface area contributed by atoms with E-state index >= 15 is 0 Å². The Labute approximate surface area is 166 Å². The summed E-state index contributed by atoms with van der Waals surface area (Å²) in [6.07, 6.45) is 0.955. The van der Waals surface area contributed by atoms with Crippen LogP contribution in [0.2, 0.25) is 0 Å². The van der Waals surface area contributed by atoms with Gasteiger partial charge in [-0.1, -0.05) is 30.3 Å². The molecule has 5 nitrogen and oxygen atoms in total. The van der Waals surface area contributed by atoms with Crippen LogP contribution in [0, 0.1) is 0 Å². The van der Waals surface area contributed by atoms with E-state index in [0.29, 0.717) is 36.5 Å². The summed E-state index contributed by atoms with van der Waals surface area (Å²) in [7, 11) is 1.56. The highest BCUT2D eigenvalue weighted by Crippen LogP contribution is 2.21. The summed E-state index contributed by atoms with van der Waals surface area (Å²) >= 11 is 0. The van der Waals surface area contributed by atoms with Crippen LogP contribution < -0.4 is 10.5 Å². The van der Waals surface area contributed by atoms with Gasteiger partial charge in [-0.05, 0) is 37.1 Å². The summed E-state index contributed by atoms with van der Waals surface area (Å²) in [5, 5.41) is 0. The zero-order chi connectivity index (χ0) is 18.9. The number of ether oxygens (including phenoxy) is 1. The highest BCUT2D eigenvalue weighted by Gasteiger charge is 2.17. The Bertz CT molecular complexity index is 750. The lowest BCUT2D eigenvalue weighted by atomic mass is 10.0. The lowest BCUT2D eigenvalue weighted by molar-refractivity contribution is -0.130. The number of carbonyl (C=O) groups is 2. The quantitative estimate of drug-likeness (QED) is 0.668. The van der Waals surface area contributed by atoms with Gasteiger partial charge in [0.15, 0.2) is 5.78 Å². The molecule has 0 aliphatic rings. The minimum Gasteiger partial charge on any atom is -0.496 e. The number of methoxy groups -OCH3 is 1. The first-order valence-corrected chi connectivity index (χ1v) is 8.74. The molecule has 0 aliphatic heterocycles. The fourth-order valence-corrected chi connectivity index (χ4v) is 2.84. The van der Waals surface area contributed by atoms with E-state index < -0.39 is 0 Å². The molecule has 0 spiro atoms. The number of hydrogen-bond acceptors (Lipinski definition) is 4. The van der Waals surface area contributed by atoms with E-state index in [1.54, 1.807) is 30.2 Å². The average Bonchev–Trinajstić information content (AvgIpc) is 2.65. The Hall–Kier alpha value is -2.37. The van der Waals surface area contributed by atoms with Gasteiger partial charge in [-0.15, -0.1) is 12.4 Å². The maximum atomic E-state index is 12.8. The smallest absolute Gasteiger partial charge is 0.227 e. The number of halogens is 1.